The highest BCUT2D eigenvalue weighted by Crippen LogP contribution is 2.32. The number of aromatic nitrogens is 4. The Morgan fingerprint density at radius 1 is 1.10 bits per heavy atom. The van der Waals surface area contributed by atoms with Crippen LogP contribution < -0.4 is 15.5 Å². The van der Waals surface area contributed by atoms with Gasteiger partial charge in [0.2, 0.25) is 11.9 Å². The molecule has 0 bridgehead atoms. The quantitative estimate of drug-likeness (QED) is 0.758. The van der Waals surface area contributed by atoms with Crippen LogP contribution in [-0.2, 0) is 9.47 Å². The first-order valence-electron chi connectivity index (χ1n) is 10.5. The average molecular weight is 435 g/mol. The van der Waals surface area contributed by atoms with Gasteiger partial charge in [-0.15, -0.1) is 0 Å². The average Bonchev–Trinajstić information content (AvgIpc) is 2.79. The summed E-state index contributed by atoms with van der Waals surface area (Å²) in [6.07, 6.45) is -0.590. The Balaban J connectivity index is 1.84. The molecule has 2 aromatic heterocycles. The molecule has 2 saturated heterocycles. The Morgan fingerprint density at radius 2 is 1.77 bits per heavy atom. The number of hydrogen-bond acceptors (Lipinski definition) is 9. The molecule has 9 nitrogen and oxygen atoms in total. The first-order valence-corrected chi connectivity index (χ1v) is 10.5. The van der Waals surface area contributed by atoms with Crippen molar-refractivity contribution >= 4 is 17.7 Å². The second kappa shape index (κ2) is 9.23. The third kappa shape index (κ3) is 4.52. The van der Waals surface area contributed by atoms with Gasteiger partial charge in [-0.05, 0) is 19.4 Å². The lowest BCUT2D eigenvalue weighted by atomic mass is 10.1. The van der Waals surface area contributed by atoms with E-state index in [1.165, 1.54) is 12.3 Å². The third-order valence-corrected chi connectivity index (χ3v) is 5.63. The van der Waals surface area contributed by atoms with Crippen LogP contribution in [0.25, 0.3) is 11.4 Å². The van der Waals surface area contributed by atoms with E-state index in [0.717, 1.165) is 6.42 Å². The van der Waals surface area contributed by atoms with E-state index in [1.807, 2.05) is 11.8 Å². The van der Waals surface area contributed by atoms with E-state index in [9.17, 15) is 8.78 Å². The molecule has 2 fully saturated rings. The van der Waals surface area contributed by atoms with Crippen molar-refractivity contribution in [1.29, 1.82) is 0 Å². The number of nitrogens with zero attached hydrogens (tertiary/aromatic N) is 6. The minimum absolute atomic E-state index is 0.0228. The van der Waals surface area contributed by atoms with Crippen molar-refractivity contribution < 1.29 is 18.3 Å². The lowest BCUT2D eigenvalue weighted by Gasteiger charge is -2.37. The molecule has 2 aliphatic heterocycles. The van der Waals surface area contributed by atoms with E-state index in [-0.39, 0.29) is 34.9 Å². The largest absolute Gasteiger partial charge is 0.384 e. The van der Waals surface area contributed by atoms with Crippen molar-refractivity contribution in [1.82, 2.24) is 19.9 Å². The lowest BCUT2D eigenvalue weighted by Crippen LogP contribution is -2.47. The molecule has 0 spiro atoms. The Kier molecular flexibility index (Phi) is 6.42. The van der Waals surface area contributed by atoms with Gasteiger partial charge in [0.1, 0.15) is 5.82 Å². The highest BCUT2D eigenvalue weighted by molar-refractivity contribution is 5.64. The Labute approximate surface area is 179 Å². The predicted octanol–water partition coefficient (Wildman–Crippen LogP) is 2.29. The highest BCUT2D eigenvalue weighted by atomic mass is 19.3. The van der Waals surface area contributed by atoms with Crippen LogP contribution in [0.15, 0.2) is 12.3 Å². The fourth-order valence-electron chi connectivity index (χ4n) is 3.87. The number of anilines is 3. The summed E-state index contributed by atoms with van der Waals surface area (Å²) in [5.74, 6) is 1.07. The summed E-state index contributed by atoms with van der Waals surface area (Å²) in [5.41, 5.74) is 5.55. The molecule has 0 aromatic carbocycles. The molecule has 2 aliphatic rings. The van der Waals surface area contributed by atoms with Crippen LogP contribution in [0.3, 0.4) is 0 Å². The molecule has 0 saturated carbocycles. The molecule has 0 unspecified atom stereocenters. The first kappa shape index (κ1) is 21.6. The number of rotatable bonds is 5. The third-order valence-electron chi connectivity index (χ3n) is 5.63. The van der Waals surface area contributed by atoms with E-state index >= 15 is 0 Å². The SMILES string of the molecule is CC[C@H]1COCCN1c1nc(-c2cnc(N)cc2C(F)F)nc(N2CCOC[C@H]2C)n1. The van der Waals surface area contributed by atoms with Gasteiger partial charge in [0, 0.05) is 30.4 Å². The van der Waals surface area contributed by atoms with E-state index in [1.54, 1.807) is 0 Å². The molecule has 4 heterocycles. The number of halogens is 2. The number of morpholine rings is 2. The molecule has 168 valence electrons. The molecule has 0 radical (unpaired) electrons. The fraction of sp³-hybridized carbons (Fsp3) is 0.600. The maximum atomic E-state index is 13.8. The minimum atomic E-state index is -2.74. The highest BCUT2D eigenvalue weighted by Gasteiger charge is 2.29. The molecule has 31 heavy (non-hydrogen) atoms. The second-order valence-corrected chi connectivity index (χ2v) is 7.70. The summed E-state index contributed by atoms with van der Waals surface area (Å²) < 4.78 is 38.7. The Hall–Kier alpha value is -2.66. The molecule has 2 aromatic rings. The summed E-state index contributed by atoms with van der Waals surface area (Å²) in [5, 5.41) is 0. The molecular formula is C20H27F2N7O2. The van der Waals surface area contributed by atoms with E-state index in [4.69, 9.17) is 20.2 Å². The van der Waals surface area contributed by atoms with Gasteiger partial charge in [0.05, 0.1) is 38.5 Å². The maximum Gasteiger partial charge on any atom is 0.264 e. The molecular weight excluding hydrogens is 408 g/mol. The Morgan fingerprint density at radius 3 is 2.45 bits per heavy atom. The summed E-state index contributed by atoms with van der Waals surface area (Å²) in [4.78, 5) is 22.0. The molecule has 4 rings (SSSR count). The van der Waals surface area contributed by atoms with Crippen LogP contribution in [0.2, 0.25) is 0 Å². The standard InChI is InChI=1S/C20H27F2N7O2/c1-3-13-11-31-7-5-29(13)20-26-18(15-9-24-16(23)8-14(15)17(21)22)25-19(27-20)28-4-6-30-10-12(28)2/h8-9,12-13,17H,3-7,10-11H2,1-2H3,(H2,23,24)/t12-,13+/m1/s1. The van der Waals surface area contributed by atoms with Crippen LogP contribution in [-0.4, -0.2) is 71.5 Å². The maximum absolute atomic E-state index is 13.8. The molecule has 0 amide bonds. The summed E-state index contributed by atoms with van der Waals surface area (Å²) in [7, 11) is 0. The molecule has 2 atom stereocenters. The van der Waals surface area contributed by atoms with Crippen molar-refractivity contribution in [2.75, 3.05) is 55.1 Å². The lowest BCUT2D eigenvalue weighted by molar-refractivity contribution is 0.0919. The van der Waals surface area contributed by atoms with Gasteiger partial charge in [-0.3, -0.25) is 0 Å². The van der Waals surface area contributed by atoms with Gasteiger partial charge in [0.25, 0.3) is 6.43 Å². The van der Waals surface area contributed by atoms with Crippen molar-refractivity contribution in [3.8, 4) is 11.4 Å². The number of ether oxygens (including phenoxy) is 2. The van der Waals surface area contributed by atoms with Crippen LogP contribution in [0.4, 0.5) is 26.5 Å². The van der Waals surface area contributed by atoms with Gasteiger partial charge in [0.15, 0.2) is 5.82 Å². The number of hydrogen-bond donors (Lipinski definition) is 1. The van der Waals surface area contributed by atoms with Gasteiger partial charge in [-0.2, -0.15) is 15.0 Å². The van der Waals surface area contributed by atoms with E-state index in [0.29, 0.717) is 51.4 Å². The van der Waals surface area contributed by atoms with Crippen molar-refractivity contribution in [2.24, 2.45) is 0 Å². The van der Waals surface area contributed by atoms with Crippen molar-refractivity contribution in [3.63, 3.8) is 0 Å². The zero-order chi connectivity index (χ0) is 22.0. The minimum Gasteiger partial charge on any atom is -0.384 e. The zero-order valence-corrected chi connectivity index (χ0v) is 17.7. The molecule has 0 aliphatic carbocycles. The number of nitrogens with two attached hydrogens (primary N) is 1. The monoisotopic (exact) mass is 435 g/mol. The summed E-state index contributed by atoms with van der Waals surface area (Å²) in [6.45, 7) is 7.49. The molecule has 2 N–H and O–H groups in total. The topological polar surface area (TPSA) is 103 Å². The first-order chi connectivity index (χ1) is 15.0. The fourth-order valence-corrected chi connectivity index (χ4v) is 3.87. The van der Waals surface area contributed by atoms with E-state index in [2.05, 4.69) is 26.8 Å². The van der Waals surface area contributed by atoms with Crippen LogP contribution in [0, 0.1) is 0 Å². The predicted molar refractivity (Wildman–Crippen MR) is 112 cm³/mol. The smallest absolute Gasteiger partial charge is 0.264 e. The number of alkyl halides is 2. The summed E-state index contributed by atoms with van der Waals surface area (Å²) in [6, 6.07) is 1.31. The normalized spacial score (nSPS) is 22.2. The second-order valence-electron chi connectivity index (χ2n) is 7.70. The Bertz CT molecular complexity index is 917. The number of pyridine rings is 1. The van der Waals surface area contributed by atoms with Gasteiger partial charge >= 0.3 is 0 Å². The number of nitrogen functional groups attached to an aromatic ring is 1. The van der Waals surface area contributed by atoms with Gasteiger partial charge in [-0.25, -0.2) is 13.8 Å². The molecule has 11 heteroatoms. The van der Waals surface area contributed by atoms with Gasteiger partial charge < -0.3 is 25.0 Å². The van der Waals surface area contributed by atoms with Crippen LogP contribution >= 0.6 is 0 Å². The van der Waals surface area contributed by atoms with Crippen LogP contribution in [0.1, 0.15) is 32.3 Å². The van der Waals surface area contributed by atoms with Gasteiger partial charge in [-0.1, -0.05) is 6.92 Å². The van der Waals surface area contributed by atoms with E-state index < -0.39 is 6.43 Å². The van der Waals surface area contributed by atoms with Crippen molar-refractivity contribution in [2.45, 2.75) is 38.8 Å². The van der Waals surface area contributed by atoms with Crippen LogP contribution in [0.5, 0.6) is 0 Å². The summed E-state index contributed by atoms with van der Waals surface area (Å²) >= 11 is 0. The zero-order valence-electron chi connectivity index (χ0n) is 17.7. The van der Waals surface area contributed by atoms with Crippen molar-refractivity contribution in [3.05, 3.63) is 17.8 Å².